The molecule has 1 aliphatic rings. The highest BCUT2D eigenvalue weighted by Gasteiger charge is 2.38. The molecule has 3 nitrogen and oxygen atoms in total. The van der Waals surface area contributed by atoms with Crippen LogP contribution in [0.15, 0.2) is 32.0 Å². The number of rotatable bonds is 4. The van der Waals surface area contributed by atoms with E-state index in [1.807, 2.05) is 0 Å². The molecule has 118 valence electrons. The van der Waals surface area contributed by atoms with Crippen molar-refractivity contribution in [3.8, 4) is 0 Å². The number of alkyl halides is 1. The molecule has 1 saturated carbocycles. The second-order valence-corrected chi connectivity index (χ2v) is 9.48. The van der Waals surface area contributed by atoms with Crippen molar-refractivity contribution < 1.29 is 8.42 Å². The molecule has 1 fully saturated rings. The van der Waals surface area contributed by atoms with Gasteiger partial charge in [-0.05, 0) is 52.9 Å². The van der Waals surface area contributed by atoms with Crippen molar-refractivity contribution in [1.82, 2.24) is 4.72 Å². The van der Waals surface area contributed by atoms with Crippen molar-refractivity contribution in [2.45, 2.75) is 43.0 Å². The molecule has 0 spiro atoms. The number of benzene rings is 1. The van der Waals surface area contributed by atoms with Crippen LogP contribution in [0.4, 0.5) is 0 Å². The van der Waals surface area contributed by atoms with E-state index in [0.29, 0.717) is 16.3 Å². The molecule has 2 atom stereocenters. The fourth-order valence-corrected chi connectivity index (χ4v) is 6.26. The molecule has 2 rings (SSSR count). The van der Waals surface area contributed by atoms with E-state index in [1.165, 1.54) is 0 Å². The molecule has 21 heavy (non-hydrogen) atoms. The normalized spacial score (nSPS) is 26.8. The lowest BCUT2D eigenvalue weighted by atomic mass is 9.78. The summed E-state index contributed by atoms with van der Waals surface area (Å²) in [5.74, 6) is 0.772. The number of hydrogen-bond donors (Lipinski definition) is 1. The molecular formula is C14H18Br2ClNO2S. The third-order valence-electron chi connectivity index (χ3n) is 3.88. The summed E-state index contributed by atoms with van der Waals surface area (Å²) in [5.41, 5.74) is -0.542. The Morgan fingerprint density at radius 2 is 2.14 bits per heavy atom. The van der Waals surface area contributed by atoms with E-state index in [4.69, 9.17) is 11.6 Å². The largest absolute Gasteiger partial charge is 0.242 e. The standard InChI is InChI=1S/C14H18Br2ClNO2S/c1-10-3-2-6-14(8-10,9-17)18-21(19,20)13-7-11(15)4-5-12(13)16/h4-5,7,10,18H,2-3,6,8-9H2,1H3. The second kappa shape index (κ2) is 6.87. The predicted octanol–water partition coefficient (Wildman–Crippen LogP) is 4.68. The lowest BCUT2D eigenvalue weighted by molar-refractivity contribution is 0.239. The van der Waals surface area contributed by atoms with Crippen LogP contribution in [0.3, 0.4) is 0 Å². The molecule has 0 aromatic heterocycles. The Hall–Kier alpha value is 0.380. The SMILES string of the molecule is CC1CCCC(CCl)(NS(=O)(=O)c2cc(Br)ccc2Br)C1. The minimum Gasteiger partial charge on any atom is -0.207 e. The Kier molecular flexibility index (Phi) is 5.80. The summed E-state index contributed by atoms with van der Waals surface area (Å²) in [7, 11) is -3.62. The van der Waals surface area contributed by atoms with Gasteiger partial charge in [0.25, 0.3) is 0 Å². The predicted molar refractivity (Wildman–Crippen MR) is 93.2 cm³/mol. The second-order valence-electron chi connectivity index (χ2n) is 5.80. The lowest BCUT2D eigenvalue weighted by Gasteiger charge is -2.39. The summed E-state index contributed by atoms with van der Waals surface area (Å²) in [6.45, 7) is 2.14. The zero-order valence-corrected chi connectivity index (χ0v) is 16.4. The first-order valence-corrected chi connectivity index (χ1v) is 10.4. The average molecular weight is 460 g/mol. The van der Waals surface area contributed by atoms with Gasteiger partial charge in [-0.1, -0.05) is 35.7 Å². The zero-order chi connectivity index (χ0) is 15.7. The lowest BCUT2D eigenvalue weighted by Crippen LogP contribution is -2.52. The van der Waals surface area contributed by atoms with E-state index in [9.17, 15) is 8.42 Å². The van der Waals surface area contributed by atoms with Crippen LogP contribution in [0.1, 0.15) is 32.6 Å². The van der Waals surface area contributed by atoms with Gasteiger partial charge in [0.2, 0.25) is 10.0 Å². The molecule has 0 radical (unpaired) electrons. The number of nitrogens with one attached hydrogen (secondary N) is 1. The van der Waals surface area contributed by atoms with Crippen molar-refractivity contribution in [3.05, 3.63) is 27.1 Å². The van der Waals surface area contributed by atoms with Gasteiger partial charge in [-0.2, -0.15) is 0 Å². The summed E-state index contributed by atoms with van der Waals surface area (Å²) in [6, 6.07) is 5.11. The van der Waals surface area contributed by atoms with Crippen molar-refractivity contribution >= 4 is 53.5 Å². The van der Waals surface area contributed by atoms with Gasteiger partial charge in [0.15, 0.2) is 0 Å². The quantitative estimate of drug-likeness (QED) is 0.665. The smallest absolute Gasteiger partial charge is 0.207 e. The highest BCUT2D eigenvalue weighted by atomic mass is 79.9. The summed E-state index contributed by atoms with van der Waals surface area (Å²) in [6.07, 6.45) is 3.68. The van der Waals surface area contributed by atoms with Crippen LogP contribution in [0.25, 0.3) is 0 Å². The van der Waals surface area contributed by atoms with Crippen LogP contribution in [-0.2, 0) is 10.0 Å². The molecule has 1 aromatic rings. The summed E-state index contributed by atoms with van der Waals surface area (Å²) < 4.78 is 29.6. The Bertz CT molecular complexity index is 623. The molecule has 0 bridgehead atoms. The van der Waals surface area contributed by atoms with Crippen molar-refractivity contribution in [2.75, 3.05) is 5.88 Å². The maximum atomic E-state index is 12.7. The van der Waals surface area contributed by atoms with Crippen LogP contribution >= 0.6 is 43.5 Å². The van der Waals surface area contributed by atoms with E-state index < -0.39 is 15.6 Å². The van der Waals surface area contributed by atoms with Crippen molar-refractivity contribution in [3.63, 3.8) is 0 Å². The van der Waals surface area contributed by atoms with Gasteiger partial charge in [-0.25, -0.2) is 13.1 Å². The molecule has 0 amide bonds. The van der Waals surface area contributed by atoms with Crippen molar-refractivity contribution in [1.29, 1.82) is 0 Å². The van der Waals surface area contributed by atoms with Gasteiger partial charge in [0.1, 0.15) is 0 Å². The Balaban J connectivity index is 2.33. The number of hydrogen-bond acceptors (Lipinski definition) is 2. The molecule has 7 heteroatoms. The number of sulfonamides is 1. The van der Waals surface area contributed by atoms with Gasteiger partial charge >= 0.3 is 0 Å². The molecule has 0 aliphatic heterocycles. The van der Waals surface area contributed by atoms with E-state index in [1.54, 1.807) is 18.2 Å². The van der Waals surface area contributed by atoms with E-state index >= 15 is 0 Å². The fourth-order valence-electron chi connectivity index (χ4n) is 2.92. The summed E-state index contributed by atoms with van der Waals surface area (Å²) in [5, 5.41) is 0. The van der Waals surface area contributed by atoms with Gasteiger partial charge in [0.05, 0.1) is 4.90 Å². The molecule has 0 heterocycles. The minimum absolute atomic E-state index is 0.236. The highest BCUT2D eigenvalue weighted by Crippen LogP contribution is 2.35. The zero-order valence-electron chi connectivity index (χ0n) is 11.7. The molecular weight excluding hydrogens is 441 g/mol. The van der Waals surface area contributed by atoms with Gasteiger partial charge < -0.3 is 0 Å². The fraction of sp³-hybridized carbons (Fsp3) is 0.571. The minimum atomic E-state index is -3.62. The first kappa shape index (κ1) is 17.7. The van der Waals surface area contributed by atoms with Crippen molar-refractivity contribution in [2.24, 2.45) is 5.92 Å². The van der Waals surface area contributed by atoms with Crippen LogP contribution in [0.2, 0.25) is 0 Å². The topological polar surface area (TPSA) is 46.2 Å². The Labute approximate surface area is 148 Å². The summed E-state index contributed by atoms with van der Waals surface area (Å²) >= 11 is 12.7. The monoisotopic (exact) mass is 457 g/mol. The first-order valence-electron chi connectivity index (χ1n) is 6.83. The first-order chi connectivity index (χ1) is 9.78. The van der Waals surface area contributed by atoms with Gasteiger partial charge in [0, 0.05) is 20.4 Å². The number of halogens is 3. The Morgan fingerprint density at radius 3 is 2.76 bits per heavy atom. The van der Waals surface area contributed by atoms with Crippen LogP contribution in [0, 0.1) is 5.92 Å². The average Bonchev–Trinajstić information content (AvgIpc) is 2.41. The van der Waals surface area contributed by atoms with Crippen LogP contribution in [-0.4, -0.2) is 19.8 Å². The third-order valence-corrected chi connectivity index (χ3v) is 7.46. The molecule has 1 aromatic carbocycles. The van der Waals surface area contributed by atoms with E-state index in [2.05, 4.69) is 43.5 Å². The van der Waals surface area contributed by atoms with Crippen LogP contribution in [0.5, 0.6) is 0 Å². The third kappa shape index (κ3) is 4.22. The molecule has 2 unspecified atom stereocenters. The van der Waals surface area contributed by atoms with Gasteiger partial charge in [-0.3, -0.25) is 0 Å². The molecule has 1 N–H and O–H groups in total. The molecule has 1 aliphatic carbocycles. The maximum absolute atomic E-state index is 12.7. The van der Waals surface area contributed by atoms with E-state index in [-0.39, 0.29) is 4.90 Å². The molecule has 0 saturated heterocycles. The summed E-state index contributed by atoms with van der Waals surface area (Å²) in [4.78, 5) is 0.236. The Morgan fingerprint density at radius 1 is 1.43 bits per heavy atom. The van der Waals surface area contributed by atoms with Gasteiger partial charge in [-0.15, -0.1) is 11.6 Å². The maximum Gasteiger partial charge on any atom is 0.242 e. The highest BCUT2D eigenvalue weighted by molar-refractivity contribution is 9.11. The van der Waals surface area contributed by atoms with Crippen LogP contribution < -0.4 is 4.72 Å². The van der Waals surface area contributed by atoms with E-state index in [0.717, 1.165) is 30.2 Å².